The van der Waals surface area contributed by atoms with Crippen molar-refractivity contribution in [2.45, 2.75) is 39.7 Å². The summed E-state index contributed by atoms with van der Waals surface area (Å²) in [4.78, 5) is 10.6. The van der Waals surface area contributed by atoms with Gasteiger partial charge in [0.2, 0.25) is 0 Å². The van der Waals surface area contributed by atoms with E-state index in [-0.39, 0.29) is 16.7 Å². The molecule has 0 bridgehead atoms. The molecule has 4 heteroatoms. The van der Waals surface area contributed by atoms with E-state index in [9.17, 15) is 10.1 Å². The summed E-state index contributed by atoms with van der Waals surface area (Å²) in [6, 6.07) is 5.63. The van der Waals surface area contributed by atoms with E-state index >= 15 is 0 Å². The molecule has 0 radical (unpaired) electrons. The van der Waals surface area contributed by atoms with Crippen molar-refractivity contribution in [3.05, 3.63) is 39.4 Å². The summed E-state index contributed by atoms with van der Waals surface area (Å²) in [5.74, 6) is 0. The molecule has 98 valence electrons. The Hall–Kier alpha value is -1.42. The molecule has 1 unspecified atom stereocenters. The Balaban J connectivity index is 2.07. The third-order valence-electron chi connectivity index (χ3n) is 3.87. The van der Waals surface area contributed by atoms with Gasteiger partial charge in [0.05, 0.1) is 4.92 Å². The van der Waals surface area contributed by atoms with Crippen molar-refractivity contribution in [2.75, 3.05) is 6.54 Å². The Bertz CT molecular complexity index is 467. The molecule has 1 aliphatic carbocycles. The third-order valence-corrected chi connectivity index (χ3v) is 3.87. The molecule has 1 aromatic rings. The molecule has 0 amide bonds. The summed E-state index contributed by atoms with van der Waals surface area (Å²) >= 11 is 0. The molecule has 1 aromatic carbocycles. The SMILES string of the molecule is Cc1ccc(C(C)NCC2(C)CC2)cc1[N+](=O)[O-]. The number of nitrogens with one attached hydrogen (secondary N) is 1. The van der Waals surface area contributed by atoms with Crippen molar-refractivity contribution >= 4 is 5.69 Å². The van der Waals surface area contributed by atoms with Crippen LogP contribution in [0.5, 0.6) is 0 Å². The zero-order valence-electron chi connectivity index (χ0n) is 11.2. The van der Waals surface area contributed by atoms with Crippen LogP contribution in [0.3, 0.4) is 0 Å². The molecule has 0 aliphatic heterocycles. The highest BCUT2D eigenvalue weighted by molar-refractivity contribution is 5.43. The average molecular weight is 248 g/mol. The van der Waals surface area contributed by atoms with E-state index in [1.165, 1.54) is 12.8 Å². The number of hydrogen-bond acceptors (Lipinski definition) is 3. The van der Waals surface area contributed by atoms with E-state index in [1.807, 2.05) is 12.1 Å². The van der Waals surface area contributed by atoms with Gasteiger partial charge in [-0.2, -0.15) is 0 Å². The quantitative estimate of drug-likeness (QED) is 0.642. The van der Waals surface area contributed by atoms with Crippen LogP contribution in [0.1, 0.15) is 43.9 Å². The molecule has 1 atom stereocenters. The molecule has 1 saturated carbocycles. The van der Waals surface area contributed by atoms with Crippen LogP contribution in [0, 0.1) is 22.5 Å². The number of aryl methyl sites for hydroxylation is 1. The van der Waals surface area contributed by atoms with Crippen LogP contribution in [-0.4, -0.2) is 11.5 Å². The second kappa shape index (κ2) is 4.69. The zero-order chi connectivity index (χ0) is 13.3. The van der Waals surface area contributed by atoms with Crippen LogP contribution in [0.25, 0.3) is 0 Å². The van der Waals surface area contributed by atoms with E-state index in [0.29, 0.717) is 11.0 Å². The fourth-order valence-electron chi connectivity index (χ4n) is 2.00. The Morgan fingerprint density at radius 2 is 2.17 bits per heavy atom. The Morgan fingerprint density at radius 3 is 2.72 bits per heavy atom. The first kappa shape index (κ1) is 13.0. The molecule has 0 heterocycles. The highest BCUT2D eigenvalue weighted by Crippen LogP contribution is 2.44. The molecule has 0 aromatic heterocycles. The van der Waals surface area contributed by atoms with Gasteiger partial charge in [-0.1, -0.05) is 19.1 Å². The normalized spacial score (nSPS) is 18.4. The van der Waals surface area contributed by atoms with Crippen LogP contribution in [-0.2, 0) is 0 Å². The minimum atomic E-state index is -0.312. The van der Waals surface area contributed by atoms with Gasteiger partial charge in [-0.15, -0.1) is 0 Å². The summed E-state index contributed by atoms with van der Waals surface area (Å²) in [5.41, 5.74) is 2.35. The summed E-state index contributed by atoms with van der Waals surface area (Å²) in [6.45, 7) is 7.07. The van der Waals surface area contributed by atoms with Crippen LogP contribution in [0.15, 0.2) is 18.2 Å². The predicted octanol–water partition coefficient (Wildman–Crippen LogP) is 3.35. The highest BCUT2D eigenvalue weighted by atomic mass is 16.6. The number of nitro groups is 1. The van der Waals surface area contributed by atoms with Crippen molar-refractivity contribution < 1.29 is 4.92 Å². The maximum atomic E-state index is 10.9. The second-order valence-corrected chi connectivity index (χ2v) is 5.72. The molecule has 18 heavy (non-hydrogen) atoms. The van der Waals surface area contributed by atoms with Crippen LogP contribution in [0.2, 0.25) is 0 Å². The maximum absolute atomic E-state index is 10.9. The fraction of sp³-hybridized carbons (Fsp3) is 0.571. The summed E-state index contributed by atoms with van der Waals surface area (Å²) in [6.07, 6.45) is 2.56. The number of nitro benzene ring substituents is 1. The minimum Gasteiger partial charge on any atom is -0.310 e. The Morgan fingerprint density at radius 1 is 1.50 bits per heavy atom. The second-order valence-electron chi connectivity index (χ2n) is 5.72. The van der Waals surface area contributed by atoms with E-state index in [0.717, 1.165) is 12.1 Å². The minimum absolute atomic E-state index is 0.154. The number of hydrogen-bond donors (Lipinski definition) is 1. The van der Waals surface area contributed by atoms with Gasteiger partial charge in [0.1, 0.15) is 0 Å². The molecule has 1 N–H and O–H groups in total. The summed E-state index contributed by atoms with van der Waals surface area (Å²) in [5, 5.41) is 14.4. The largest absolute Gasteiger partial charge is 0.310 e. The topological polar surface area (TPSA) is 55.2 Å². The molecule has 2 rings (SSSR count). The molecule has 4 nitrogen and oxygen atoms in total. The Kier molecular flexibility index (Phi) is 3.39. The first-order valence-corrected chi connectivity index (χ1v) is 6.40. The molecule has 1 aliphatic rings. The van der Waals surface area contributed by atoms with Crippen LogP contribution >= 0.6 is 0 Å². The maximum Gasteiger partial charge on any atom is 0.272 e. The van der Waals surface area contributed by atoms with Crippen molar-refractivity contribution in [1.29, 1.82) is 0 Å². The molecule has 0 spiro atoms. The fourth-order valence-corrected chi connectivity index (χ4v) is 2.00. The molecule has 1 fully saturated rings. The van der Waals surface area contributed by atoms with Crippen molar-refractivity contribution in [2.24, 2.45) is 5.41 Å². The van der Waals surface area contributed by atoms with Crippen molar-refractivity contribution in [3.63, 3.8) is 0 Å². The smallest absolute Gasteiger partial charge is 0.272 e. The zero-order valence-corrected chi connectivity index (χ0v) is 11.2. The Labute approximate surface area is 108 Å². The monoisotopic (exact) mass is 248 g/mol. The standard InChI is InChI=1S/C14H20N2O2/c1-10-4-5-12(8-13(10)16(17)18)11(2)15-9-14(3)6-7-14/h4-5,8,11,15H,6-7,9H2,1-3H3. The van der Waals surface area contributed by atoms with Gasteiger partial charge < -0.3 is 5.32 Å². The molecular weight excluding hydrogens is 228 g/mol. The van der Waals surface area contributed by atoms with E-state index in [4.69, 9.17) is 0 Å². The van der Waals surface area contributed by atoms with Gasteiger partial charge in [0.15, 0.2) is 0 Å². The van der Waals surface area contributed by atoms with Crippen LogP contribution < -0.4 is 5.32 Å². The van der Waals surface area contributed by atoms with Gasteiger partial charge in [0, 0.05) is 24.2 Å². The average Bonchev–Trinajstić information content (AvgIpc) is 3.05. The lowest BCUT2D eigenvalue weighted by atomic mass is 10.0. The first-order chi connectivity index (χ1) is 8.41. The van der Waals surface area contributed by atoms with Gasteiger partial charge in [-0.05, 0) is 37.7 Å². The molecule has 0 saturated heterocycles. The molecular formula is C14H20N2O2. The number of nitrogens with zero attached hydrogens (tertiary/aromatic N) is 1. The van der Waals surface area contributed by atoms with E-state index in [1.54, 1.807) is 13.0 Å². The first-order valence-electron chi connectivity index (χ1n) is 6.40. The van der Waals surface area contributed by atoms with Crippen molar-refractivity contribution in [3.8, 4) is 0 Å². The summed E-state index contributed by atoms with van der Waals surface area (Å²) in [7, 11) is 0. The van der Waals surface area contributed by atoms with Gasteiger partial charge in [0.25, 0.3) is 5.69 Å². The predicted molar refractivity (Wildman–Crippen MR) is 71.6 cm³/mol. The number of benzene rings is 1. The van der Waals surface area contributed by atoms with Gasteiger partial charge in [-0.3, -0.25) is 10.1 Å². The van der Waals surface area contributed by atoms with E-state index < -0.39 is 0 Å². The van der Waals surface area contributed by atoms with Gasteiger partial charge >= 0.3 is 0 Å². The number of rotatable bonds is 5. The van der Waals surface area contributed by atoms with Crippen molar-refractivity contribution in [1.82, 2.24) is 5.32 Å². The third kappa shape index (κ3) is 2.88. The highest BCUT2D eigenvalue weighted by Gasteiger charge is 2.36. The van der Waals surface area contributed by atoms with Crippen LogP contribution in [0.4, 0.5) is 5.69 Å². The summed E-state index contributed by atoms with van der Waals surface area (Å²) < 4.78 is 0. The lowest BCUT2D eigenvalue weighted by Gasteiger charge is -2.17. The van der Waals surface area contributed by atoms with E-state index in [2.05, 4.69) is 19.2 Å². The van der Waals surface area contributed by atoms with Gasteiger partial charge in [-0.25, -0.2) is 0 Å². The lowest BCUT2D eigenvalue weighted by molar-refractivity contribution is -0.385. The lowest BCUT2D eigenvalue weighted by Crippen LogP contribution is -2.25.